The monoisotopic (exact) mass is 309 g/mol. The van der Waals surface area contributed by atoms with Crippen molar-refractivity contribution in [2.75, 3.05) is 14.2 Å². The van der Waals surface area contributed by atoms with Crippen molar-refractivity contribution in [3.63, 3.8) is 0 Å². The van der Waals surface area contributed by atoms with Crippen LogP contribution in [0.3, 0.4) is 0 Å². The van der Waals surface area contributed by atoms with Gasteiger partial charge in [-0.1, -0.05) is 11.3 Å². The van der Waals surface area contributed by atoms with Crippen LogP contribution in [0.5, 0.6) is 5.75 Å². The minimum atomic E-state index is -0.387. The number of esters is 1. The Balaban J connectivity index is 1.90. The molecule has 23 heavy (non-hydrogen) atoms. The van der Waals surface area contributed by atoms with Crippen LogP contribution in [0.2, 0.25) is 0 Å². The summed E-state index contributed by atoms with van der Waals surface area (Å²) in [6.07, 6.45) is 1.80. The minimum Gasteiger partial charge on any atom is -0.497 e. The van der Waals surface area contributed by atoms with E-state index in [1.54, 1.807) is 36.2 Å². The Morgan fingerprint density at radius 3 is 2.57 bits per heavy atom. The molecule has 6 heteroatoms. The molecule has 1 heterocycles. The molecule has 6 nitrogen and oxygen atoms in total. The number of rotatable bonds is 4. The van der Waals surface area contributed by atoms with Crippen molar-refractivity contribution in [3.05, 3.63) is 60.3 Å². The van der Waals surface area contributed by atoms with E-state index in [2.05, 4.69) is 10.3 Å². The molecule has 0 atom stereocenters. The summed E-state index contributed by atoms with van der Waals surface area (Å²) in [4.78, 5) is 11.6. The van der Waals surface area contributed by atoms with E-state index in [4.69, 9.17) is 9.47 Å². The third-order valence-electron chi connectivity index (χ3n) is 3.41. The molecule has 0 aliphatic carbocycles. The molecule has 0 saturated heterocycles. The second-order valence-corrected chi connectivity index (χ2v) is 4.82. The van der Waals surface area contributed by atoms with Gasteiger partial charge < -0.3 is 9.47 Å². The van der Waals surface area contributed by atoms with Crippen molar-refractivity contribution in [3.8, 4) is 22.7 Å². The molecular weight excluding hydrogens is 294 g/mol. The fourth-order valence-electron chi connectivity index (χ4n) is 2.18. The maximum atomic E-state index is 11.6. The van der Waals surface area contributed by atoms with Crippen LogP contribution in [0.25, 0.3) is 16.9 Å². The van der Waals surface area contributed by atoms with E-state index in [0.29, 0.717) is 5.56 Å². The molecule has 0 bridgehead atoms. The number of carbonyl (C=O) groups is 1. The number of aromatic nitrogens is 3. The Morgan fingerprint density at radius 1 is 1.09 bits per heavy atom. The first kappa shape index (κ1) is 14.8. The van der Waals surface area contributed by atoms with Gasteiger partial charge in [0.1, 0.15) is 11.4 Å². The maximum absolute atomic E-state index is 11.6. The van der Waals surface area contributed by atoms with E-state index in [0.717, 1.165) is 22.7 Å². The zero-order valence-corrected chi connectivity index (χ0v) is 12.8. The molecule has 0 aliphatic heterocycles. The predicted octanol–water partition coefficient (Wildman–Crippen LogP) is 2.73. The summed E-state index contributed by atoms with van der Waals surface area (Å²) >= 11 is 0. The van der Waals surface area contributed by atoms with Crippen LogP contribution >= 0.6 is 0 Å². The molecule has 116 valence electrons. The molecule has 0 radical (unpaired) electrons. The van der Waals surface area contributed by atoms with E-state index < -0.39 is 0 Å². The zero-order valence-electron chi connectivity index (χ0n) is 12.8. The zero-order chi connectivity index (χ0) is 16.2. The first-order valence-electron chi connectivity index (χ1n) is 6.97. The molecule has 0 spiro atoms. The molecule has 0 saturated carbocycles. The van der Waals surface area contributed by atoms with Crippen molar-refractivity contribution in [2.24, 2.45) is 0 Å². The summed E-state index contributed by atoms with van der Waals surface area (Å²) in [6.45, 7) is 0. The highest BCUT2D eigenvalue weighted by molar-refractivity contribution is 5.89. The first-order valence-corrected chi connectivity index (χ1v) is 6.97. The molecule has 3 rings (SSSR count). The molecule has 0 unspecified atom stereocenters. The molecule has 0 aliphatic rings. The standard InChI is InChI=1S/C17H15N3O3/c1-22-15-8-6-12(7-9-15)16-11-20(19-18-16)14-5-3-4-13(10-14)17(21)23-2/h3-11H,1-2H3. The van der Waals surface area contributed by atoms with Gasteiger partial charge in [-0.3, -0.25) is 0 Å². The molecule has 2 aromatic carbocycles. The lowest BCUT2D eigenvalue weighted by Gasteiger charge is -2.03. The molecule has 0 fully saturated rings. The number of nitrogens with zero attached hydrogens (tertiary/aromatic N) is 3. The van der Waals surface area contributed by atoms with E-state index in [1.165, 1.54) is 7.11 Å². The highest BCUT2D eigenvalue weighted by atomic mass is 16.5. The SMILES string of the molecule is COC(=O)c1cccc(-n2cc(-c3ccc(OC)cc3)nn2)c1. The van der Waals surface area contributed by atoms with Crippen LogP contribution < -0.4 is 4.74 Å². The number of methoxy groups -OCH3 is 2. The Labute approximate surface area is 133 Å². The van der Waals surface area contributed by atoms with Crippen LogP contribution in [0.4, 0.5) is 0 Å². The third kappa shape index (κ3) is 3.06. The van der Waals surface area contributed by atoms with E-state index in [9.17, 15) is 4.79 Å². The normalized spacial score (nSPS) is 10.3. The van der Waals surface area contributed by atoms with Gasteiger partial charge in [0.2, 0.25) is 0 Å². The van der Waals surface area contributed by atoms with Gasteiger partial charge in [0.15, 0.2) is 0 Å². The van der Waals surface area contributed by atoms with Gasteiger partial charge in [0.05, 0.1) is 31.7 Å². The second kappa shape index (κ2) is 6.31. The van der Waals surface area contributed by atoms with E-state index in [-0.39, 0.29) is 5.97 Å². The summed E-state index contributed by atoms with van der Waals surface area (Å²) in [5.74, 6) is 0.397. The van der Waals surface area contributed by atoms with Gasteiger partial charge in [0.25, 0.3) is 0 Å². The topological polar surface area (TPSA) is 66.2 Å². The molecule has 0 N–H and O–H groups in total. The summed E-state index contributed by atoms with van der Waals surface area (Å²) < 4.78 is 11.5. The highest BCUT2D eigenvalue weighted by Gasteiger charge is 2.09. The lowest BCUT2D eigenvalue weighted by Crippen LogP contribution is -2.03. The van der Waals surface area contributed by atoms with E-state index >= 15 is 0 Å². The number of carbonyl (C=O) groups excluding carboxylic acids is 1. The number of ether oxygens (including phenoxy) is 2. The highest BCUT2D eigenvalue weighted by Crippen LogP contribution is 2.21. The lowest BCUT2D eigenvalue weighted by atomic mass is 10.1. The van der Waals surface area contributed by atoms with Gasteiger partial charge >= 0.3 is 5.97 Å². The summed E-state index contributed by atoms with van der Waals surface area (Å²) in [5.41, 5.74) is 2.86. The second-order valence-electron chi connectivity index (χ2n) is 4.82. The minimum absolute atomic E-state index is 0.387. The largest absolute Gasteiger partial charge is 0.497 e. The average Bonchev–Trinajstić information content (AvgIpc) is 3.11. The molecular formula is C17H15N3O3. The van der Waals surface area contributed by atoms with Crippen LogP contribution in [-0.2, 0) is 4.74 Å². The molecule has 0 amide bonds. The van der Waals surface area contributed by atoms with Gasteiger partial charge in [-0.2, -0.15) is 0 Å². The third-order valence-corrected chi connectivity index (χ3v) is 3.41. The summed E-state index contributed by atoms with van der Waals surface area (Å²) in [6, 6.07) is 14.6. The lowest BCUT2D eigenvalue weighted by molar-refractivity contribution is 0.0600. The van der Waals surface area contributed by atoms with Gasteiger partial charge in [-0.15, -0.1) is 5.10 Å². The fraction of sp³-hybridized carbons (Fsp3) is 0.118. The smallest absolute Gasteiger partial charge is 0.337 e. The first-order chi connectivity index (χ1) is 11.2. The van der Waals surface area contributed by atoms with Crippen molar-refractivity contribution in [1.82, 2.24) is 15.0 Å². The number of benzene rings is 2. The summed E-state index contributed by atoms with van der Waals surface area (Å²) in [7, 11) is 2.98. The summed E-state index contributed by atoms with van der Waals surface area (Å²) in [5, 5.41) is 8.28. The molecule has 3 aromatic rings. The Kier molecular flexibility index (Phi) is 4.05. The van der Waals surface area contributed by atoms with Gasteiger partial charge in [-0.25, -0.2) is 9.48 Å². The van der Waals surface area contributed by atoms with Crippen LogP contribution in [0.1, 0.15) is 10.4 Å². The van der Waals surface area contributed by atoms with Crippen molar-refractivity contribution in [2.45, 2.75) is 0 Å². The average molecular weight is 309 g/mol. The van der Waals surface area contributed by atoms with Gasteiger partial charge in [-0.05, 0) is 42.5 Å². The maximum Gasteiger partial charge on any atom is 0.337 e. The van der Waals surface area contributed by atoms with Crippen molar-refractivity contribution in [1.29, 1.82) is 0 Å². The quantitative estimate of drug-likeness (QED) is 0.693. The van der Waals surface area contributed by atoms with Crippen LogP contribution in [0, 0.1) is 0 Å². The van der Waals surface area contributed by atoms with Crippen molar-refractivity contribution < 1.29 is 14.3 Å². The number of hydrogen-bond donors (Lipinski definition) is 0. The fourth-order valence-corrected chi connectivity index (χ4v) is 2.18. The van der Waals surface area contributed by atoms with Crippen molar-refractivity contribution >= 4 is 5.97 Å². The van der Waals surface area contributed by atoms with Crippen LogP contribution in [-0.4, -0.2) is 35.2 Å². The van der Waals surface area contributed by atoms with E-state index in [1.807, 2.05) is 30.3 Å². The number of hydrogen-bond acceptors (Lipinski definition) is 5. The molecule has 1 aromatic heterocycles. The predicted molar refractivity (Wildman–Crippen MR) is 84.7 cm³/mol. The Morgan fingerprint density at radius 2 is 1.87 bits per heavy atom. The Bertz CT molecular complexity index is 825. The Hall–Kier alpha value is -3.15. The van der Waals surface area contributed by atoms with Crippen LogP contribution in [0.15, 0.2) is 54.7 Å². The van der Waals surface area contributed by atoms with Gasteiger partial charge in [0, 0.05) is 5.56 Å².